The van der Waals surface area contributed by atoms with Crippen molar-refractivity contribution in [2.75, 3.05) is 26.3 Å². The number of rotatable bonds is 2. The summed E-state index contributed by atoms with van der Waals surface area (Å²) in [7, 11) is 0. The molecule has 0 spiro atoms. The highest BCUT2D eigenvalue weighted by atomic mass is 16.6. The summed E-state index contributed by atoms with van der Waals surface area (Å²) in [5, 5.41) is 9.62. The highest BCUT2D eigenvalue weighted by Gasteiger charge is 2.26. The first-order chi connectivity index (χ1) is 10.1. The summed E-state index contributed by atoms with van der Waals surface area (Å²) in [6, 6.07) is 5.35. The Bertz CT molecular complexity index is 521. The van der Waals surface area contributed by atoms with Crippen LogP contribution in [-0.2, 0) is 0 Å². The summed E-state index contributed by atoms with van der Waals surface area (Å²) >= 11 is 0. The van der Waals surface area contributed by atoms with Gasteiger partial charge in [-0.05, 0) is 43.9 Å². The first-order valence-electron chi connectivity index (χ1n) is 7.52. The third-order valence-corrected chi connectivity index (χ3v) is 4.30. The predicted octanol–water partition coefficient (Wildman–Crippen LogP) is 1.69. The maximum absolute atomic E-state index is 12.5. The van der Waals surface area contributed by atoms with Gasteiger partial charge < -0.3 is 19.5 Å². The number of hydrogen-bond acceptors (Lipinski definition) is 4. The molecule has 21 heavy (non-hydrogen) atoms. The second-order valence-corrected chi connectivity index (χ2v) is 5.73. The molecule has 1 unspecified atom stereocenters. The molecule has 5 heteroatoms. The standard InChI is InChI=1S/C16H21NO4/c1-11(18)12-4-6-17(7-5-12)16(19)13-2-3-14-15(10-13)21-9-8-20-14/h2-3,10-12,18H,4-9H2,1H3. The summed E-state index contributed by atoms with van der Waals surface area (Å²) < 4.78 is 11.0. The second-order valence-electron chi connectivity index (χ2n) is 5.73. The van der Waals surface area contributed by atoms with E-state index in [-0.39, 0.29) is 12.0 Å². The molecule has 0 saturated carbocycles. The molecule has 1 atom stereocenters. The smallest absolute Gasteiger partial charge is 0.253 e. The minimum atomic E-state index is -0.295. The number of carbonyl (C=O) groups is 1. The van der Waals surface area contributed by atoms with Gasteiger partial charge in [0.25, 0.3) is 5.91 Å². The molecule has 1 saturated heterocycles. The van der Waals surface area contributed by atoms with E-state index in [1.165, 1.54) is 0 Å². The number of likely N-dealkylation sites (tertiary alicyclic amines) is 1. The van der Waals surface area contributed by atoms with Gasteiger partial charge in [-0.3, -0.25) is 4.79 Å². The summed E-state index contributed by atoms with van der Waals surface area (Å²) in [6.07, 6.45) is 1.42. The topological polar surface area (TPSA) is 59.0 Å². The van der Waals surface area contributed by atoms with E-state index in [2.05, 4.69) is 0 Å². The Balaban J connectivity index is 1.68. The Morgan fingerprint density at radius 2 is 1.90 bits per heavy atom. The number of benzene rings is 1. The van der Waals surface area contributed by atoms with Crippen LogP contribution in [0.3, 0.4) is 0 Å². The number of ether oxygens (including phenoxy) is 2. The first kappa shape index (κ1) is 14.2. The fraction of sp³-hybridized carbons (Fsp3) is 0.562. The van der Waals surface area contributed by atoms with Crippen molar-refractivity contribution in [2.45, 2.75) is 25.9 Å². The third-order valence-electron chi connectivity index (χ3n) is 4.30. The van der Waals surface area contributed by atoms with E-state index in [1.807, 2.05) is 11.8 Å². The molecule has 0 radical (unpaired) electrons. The molecule has 114 valence electrons. The Morgan fingerprint density at radius 1 is 1.24 bits per heavy atom. The summed E-state index contributed by atoms with van der Waals surface area (Å²) in [5.41, 5.74) is 0.634. The van der Waals surface area contributed by atoms with Crippen molar-refractivity contribution in [1.29, 1.82) is 0 Å². The lowest BCUT2D eigenvalue weighted by Crippen LogP contribution is -2.40. The molecule has 1 aromatic rings. The zero-order valence-electron chi connectivity index (χ0n) is 12.2. The van der Waals surface area contributed by atoms with E-state index in [0.717, 1.165) is 12.8 Å². The van der Waals surface area contributed by atoms with Crippen LogP contribution in [0.15, 0.2) is 18.2 Å². The van der Waals surface area contributed by atoms with E-state index in [1.54, 1.807) is 18.2 Å². The van der Waals surface area contributed by atoms with Gasteiger partial charge in [-0.1, -0.05) is 0 Å². The molecule has 1 fully saturated rings. The van der Waals surface area contributed by atoms with Crippen LogP contribution < -0.4 is 9.47 Å². The van der Waals surface area contributed by atoms with Gasteiger partial charge in [0.2, 0.25) is 0 Å². The van der Waals surface area contributed by atoms with Crippen LogP contribution in [0, 0.1) is 5.92 Å². The van der Waals surface area contributed by atoms with Gasteiger partial charge in [-0.25, -0.2) is 0 Å². The lowest BCUT2D eigenvalue weighted by atomic mass is 9.92. The van der Waals surface area contributed by atoms with Gasteiger partial charge in [0.05, 0.1) is 6.10 Å². The van der Waals surface area contributed by atoms with E-state index in [4.69, 9.17) is 9.47 Å². The Hall–Kier alpha value is -1.75. The molecule has 3 rings (SSSR count). The molecule has 2 heterocycles. The summed E-state index contributed by atoms with van der Waals surface area (Å²) in [5.74, 6) is 1.67. The quantitative estimate of drug-likeness (QED) is 0.901. The number of fused-ring (bicyclic) bond motifs is 1. The SMILES string of the molecule is CC(O)C1CCN(C(=O)c2ccc3c(c2)OCCO3)CC1. The minimum Gasteiger partial charge on any atom is -0.486 e. The van der Waals surface area contributed by atoms with Crippen LogP contribution in [0.25, 0.3) is 0 Å². The van der Waals surface area contributed by atoms with E-state index >= 15 is 0 Å². The van der Waals surface area contributed by atoms with Crippen LogP contribution in [0.4, 0.5) is 0 Å². The van der Waals surface area contributed by atoms with Crippen molar-refractivity contribution >= 4 is 5.91 Å². The van der Waals surface area contributed by atoms with E-state index in [0.29, 0.717) is 49.3 Å². The highest BCUT2D eigenvalue weighted by Crippen LogP contribution is 2.31. The number of nitrogens with zero attached hydrogens (tertiary/aromatic N) is 1. The average molecular weight is 291 g/mol. The Morgan fingerprint density at radius 3 is 2.57 bits per heavy atom. The van der Waals surface area contributed by atoms with Crippen molar-refractivity contribution in [3.8, 4) is 11.5 Å². The molecule has 1 N–H and O–H groups in total. The molecule has 0 bridgehead atoms. The average Bonchev–Trinajstić information content (AvgIpc) is 2.54. The lowest BCUT2D eigenvalue weighted by Gasteiger charge is -2.33. The number of amides is 1. The van der Waals surface area contributed by atoms with Crippen molar-refractivity contribution in [3.05, 3.63) is 23.8 Å². The zero-order valence-corrected chi connectivity index (χ0v) is 12.2. The van der Waals surface area contributed by atoms with Gasteiger partial charge in [0.1, 0.15) is 13.2 Å². The maximum Gasteiger partial charge on any atom is 0.253 e. The predicted molar refractivity (Wildman–Crippen MR) is 77.7 cm³/mol. The van der Waals surface area contributed by atoms with Crippen LogP contribution in [-0.4, -0.2) is 48.3 Å². The molecule has 1 amide bonds. The van der Waals surface area contributed by atoms with Crippen LogP contribution in [0.1, 0.15) is 30.1 Å². The molecule has 0 aliphatic carbocycles. The fourth-order valence-electron chi connectivity index (χ4n) is 2.94. The number of piperidine rings is 1. The second kappa shape index (κ2) is 5.93. The zero-order chi connectivity index (χ0) is 14.8. The van der Waals surface area contributed by atoms with Gasteiger partial charge in [0.15, 0.2) is 11.5 Å². The van der Waals surface area contributed by atoms with Crippen LogP contribution >= 0.6 is 0 Å². The van der Waals surface area contributed by atoms with Crippen LogP contribution in [0.2, 0.25) is 0 Å². The fourth-order valence-corrected chi connectivity index (χ4v) is 2.94. The molecule has 1 aromatic carbocycles. The monoisotopic (exact) mass is 291 g/mol. The Kier molecular flexibility index (Phi) is 4.01. The van der Waals surface area contributed by atoms with Crippen molar-refractivity contribution < 1.29 is 19.4 Å². The summed E-state index contributed by atoms with van der Waals surface area (Å²) in [4.78, 5) is 14.4. The number of carbonyl (C=O) groups excluding carboxylic acids is 1. The number of hydrogen-bond donors (Lipinski definition) is 1. The molecular formula is C16H21NO4. The van der Waals surface area contributed by atoms with Gasteiger partial charge in [0, 0.05) is 18.7 Å². The molecule has 0 aromatic heterocycles. The van der Waals surface area contributed by atoms with Crippen LogP contribution in [0.5, 0.6) is 11.5 Å². The van der Waals surface area contributed by atoms with E-state index < -0.39 is 0 Å². The number of aliphatic hydroxyl groups excluding tert-OH is 1. The molecular weight excluding hydrogens is 270 g/mol. The normalized spacial score (nSPS) is 20.2. The minimum absolute atomic E-state index is 0.0241. The van der Waals surface area contributed by atoms with E-state index in [9.17, 15) is 9.90 Å². The highest BCUT2D eigenvalue weighted by molar-refractivity contribution is 5.95. The largest absolute Gasteiger partial charge is 0.486 e. The van der Waals surface area contributed by atoms with Crippen molar-refractivity contribution in [1.82, 2.24) is 4.90 Å². The Labute approximate surface area is 124 Å². The van der Waals surface area contributed by atoms with Gasteiger partial charge >= 0.3 is 0 Å². The molecule has 2 aliphatic heterocycles. The molecule has 5 nitrogen and oxygen atoms in total. The maximum atomic E-state index is 12.5. The molecule has 2 aliphatic rings. The van der Waals surface area contributed by atoms with Crippen molar-refractivity contribution in [2.24, 2.45) is 5.92 Å². The van der Waals surface area contributed by atoms with Gasteiger partial charge in [-0.2, -0.15) is 0 Å². The third kappa shape index (κ3) is 2.97. The first-order valence-corrected chi connectivity index (χ1v) is 7.52. The number of aliphatic hydroxyl groups is 1. The summed E-state index contributed by atoms with van der Waals surface area (Å²) in [6.45, 7) is 4.28. The van der Waals surface area contributed by atoms with Crippen molar-refractivity contribution in [3.63, 3.8) is 0 Å². The lowest BCUT2D eigenvalue weighted by molar-refractivity contribution is 0.0521. The van der Waals surface area contributed by atoms with Gasteiger partial charge in [-0.15, -0.1) is 0 Å².